The monoisotopic (exact) mass is 368 g/mol. The van der Waals surface area contributed by atoms with Crippen LogP contribution in [0.5, 0.6) is 0 Å². The zero-order chi connectivity index (χ0) is 18.6. The third-order valence-corrected chi connectivity index (χ3v) is 5.36. The minimum absolute atomic E-state index is 0.0599. The molecule has 0 spiro atoms. The molecule has 0 radical (unpaired) electrons. The van der Waals surface area contributed by atoms with Crippen LogP contribution in [-0.4, -0.2) is 58.6 Å². The van der Waals surface area contributed by atoms with Crippen LogP contribution in [0.25, 0.3) is 0 Å². The lowest BCUT2D eigenvalue weighted by Crippen LogP contribution is -2.52. The van der Waals surface area contributed by atoms with Crippen molar-refractivity contribution in [2.24, 2.45) is 5.92 Å². The maximum Gasteiger partial charge on any atom is 0.240 e. The number of aliphatic hydroxyl groups excluding tert-OH is 1. The fourth-order valence-electron chi connectivity index (χ4n) is 2.78. The summed E-state index contributed by atoms with van der Waals surface area (Å²) < 4.78 is 0. The first kappa shape index (κ1) is 19.8. The molecule has 1 aliphatic rings. The highest BCUT2D eigenvalue weighted by molar-refractivity contribution is 7.15. The van der Waals surface area contributed by atoms with E-state index >= 15 is 0 Å². The molecule has 2 heterocycles. The predicted molar refractivity (Wildman–Crippen MR) is 98.7 cm³/mol. The van der Waals surface area contributed by atoms with Gasteiger partial charge in [-0.3, -0.25) is 14.5 Å². The van der Waals surface area contributed by atoms with Crippen molar-refractivity contribution in [1.82, 2.24) is 15.2 Å². The Morgan fingerprint density at radius 1 is 1.40 bits per heavy atom. The van der Waals surface area contributed by atoms with Gasteiger partial charge in [-0.2, -0.15) is 0 Å². The zero-order valence-electron chi connectivity index (χ0n) is 15.4. The van der Waals surface area contributed by atoms with E-state index in [4.69, 9.17) is 0 Å². The third kappa shape index (κ3) is 5.76. The highest BCUT2D eigenvalue weighted by Gasteiger charge is 2.30. The van der Waals surface area contributed by atoms with Gasteiger partial charge in [-0.25, -0.2) is 4.98 Å². The van der Waals surface area contributed by atoms with Gasteiger partial charge in [0.25, 0.3) is 0 Å². The van der Waals surface area contributed by atoms with E-state index in [2.05, 4.69) is 15.6 Å². The number of hydrogen-bond donors (Lipinski definition) is 3. The number of likely N-dealkylation sites (tertiary alicyclic amines) is 1. The van der Waals surface area contributed by atoms with Gasteiger partial charge in [0.2, 0.25) is 11.8 Å². The standard InChI is InChI=1S/C17H28N4O3S/c1-11-12(2)25-16(18-11)19-14(23)9-21-7-5-6-13(8-21)15(24)20-17(3,4)10-22/h13,22H,5-10H2,1-4H3,(H,20,24)(H,18,19,23). The third-order valence-electron chi connectivity index (χ3n) is 4.38. The SMILES string of the molecule is Cc1nc(NC(=O)CN2CCCC(C(=O)NC(C)(C)CO)C2)sc1C. The number of hydrogen-bond acceptors (Lipinski definition) is 6. The van der Waals surface area contributed by atoms with Crippen molar-refractivity contribution in [2.75, 3.05) is 31.6 Å². The quantitative estimate of drug-likeness (QED) is 0.703. The summed E-state index contributed by atoms with van der Waals surface area (Å²) in [5, 5.41) is 15.6. The van der Waals surface area contributed by atoms with Crippen LogP contribution in [-0.2, 0) is 9.59 Å². The number of carbonyl (C=O) groups excluding carboxylic acids is 2. The number of nitrogens with one attached hydrogen (secondary N) is 2. The molecule has 0 aliphatic carbocycles. The molecule has 2 amide bonds. The second-order valence-corrected chi connectivity index (χ2v) is 8.52. The van der Waals surface area contributed by atoms with Gasteiger partial charge >= 0.3 is 0 Å². The fraction of sp³-hybridized carbons (Fsp3) is 0.706. The number of amides is 2. The second kappa shape index (κ2) is 8.25. The summed E-state index contributed by atoms with van der Waals surface area (Å²) in [4.78, 5) is 32.0. The lowest BCUT2D eigenvalue weighted by Gasteiger charge is -2.33. The van der Waals surface area contributed by atoms with Gasteiger partial charge < -0.3 is 15.7 Å². The molecular weight excluding hydrogens is 340 g/mol. The Morgan fingerprint density at radius 2 is 2.12 bits per heavy atom. The van der Waals surface area contributed by atoms with E-state index in [9.17, 15) is 14.7 Å². The van der Waals surface area contributed by atoms with Gasteiger partial charge in [0.05, 0.1) is 30.3 Å². The van der Waals surface area contributed by atoms with E-state index in [0.29, 0.717) is 11.7 Å². The van der Waals surface area contributed by atoms with E-state index in [1.54, 1.807) is 13.8 Å². The number of anilines is 1. The minimum Gasteiger partial charge on any atom is -0.394 e. The number of aliphatic hydroxyl groups is 1. The molecule has 1 atom stereocenters. The number of carbonyl (C=O) groups is 2. The summed E-state index contributed by atoms with van der Waals surface area (Å²) in [7, 11) is 0. The van der Waals surface area contributed by atoms with Crippen molar-refractivity contribution in [3.63, 3.8) is 0 Å². The number of thiazole rings is 1. The Balaban J connectivity index is 1.86. The van der Waals surface area contributed by atoms with E-state index in [0.717, 1.165) is 30.0 Å². The van der Waals surface area contributed by atoms with Crippen LogP contribution in [0, 0.1) is 19.8 Å². The van der Waals surface area contributed by atoms with Crippen LogP contribution in [0.15, 0.2) is 0 Å². The van der Waals surface area contributed by atoms with Crippen molar-refractivity contribution < 1.29 is 14.7 Å². The highest BCUT2D eigenvalue weighted by atomic mass is 32.1. The molecule has 1 aliphatic heterocycles. The molecule has 1 unspecified atom stereocenters. The Bertz CT molecular complexity index is 610. The van der Waals surface area contributed by atoms with Crippen LogP contribution in [0.3, 0.4) is 0 Å². The average Bonchev–Trinajstić information content (AvgIpc) is 2.84. The largest absolute Gasteiger partial charge is 0.394 e. The van der Waals surface area contributed by atoms with Crippen molar-refractivity contribution in [3.05, 3.63) is 10.6 Å². The second-order valence-electron chi connectivity index (χ2n) is 7.31. The Morgan fingerprint density at radius 3 is 2.72 bits per heavy atom. The summed E-state index contributed by atoms with van der Waals surface area (Å²) in [6.45, 7) is 8.98. The molecule has 0 saturated carbocycles. The van der Waals surface area contributed by atoms with Gasteiger partial charge in [0.1, 0.15) is 0 Å². The van der Waals surface area contributed by atoms with Crippen LogP contribution in [0.4, 0.5) is 5.13 Å². The Labute approximate surface area is 152 Å². The highest BCUT2D eigenvalue weighted by Crippen LogP contribution is 2.21. The molecule has 1 aromatic heterocycles. The molecule has 1 saturated heterocycles. The first-order valence-electron chi connectivity index (χ1n) is 8.59. The van der Waals surface area contributed by atoms with Gasteiger partial charge in [0, 0.05) is 11.4 Å². The van der Waals surface area contributed by atoms with Crippen LogP contribution < -0.4 is 10.6 Å². The van der Waals surface area contributed by atoms with Gasteiger partial charge in [-0.15, -0.1) is 11.3 Å². The predicted octanol–water partition coefficient (Wildman–Crippen LogP) is 1.30. The average molecular weight is 369 g/mol. The molecule has 25 heavy (non-hydrogen) atoms. The van der Waals surface area contributed by atoms with Gasteiger partial charge in [-0.1, -0.05) is 0 Å². The zero-order valence-corrected chi connectivity index (χ0v) is 16.2. The number of aryl methyl sites for hydroxylation is 2. The molecule has 0 aromatic carbocycles. The van der Waals surface area contributed by atoms with Crippen molar-refractivity contribution >= 4 is 28.3 Å². The molecular formula is C17H28N4O3S. The van der Waals surface area contributed by atoms with E-state index in [-0.39, 0.29) is 30.9 Å². The maximum atomic E-state index is 12.4. The number of aromatic nitrogens is 1. The van der Waals surface area contributed by atoms with Crippen molar-refractivity contribution in [3.8, 4) is 0 Å². The van der Waals surface area contributed by atoms with E-state index in [1.165, 1.54) is 11.3 Å². The van der Waals surface area contributed by atoms with Crippen LogP contribution in [0.2, 0.25) is 0 Å². The summed E-state index contributed by atoms with van der Waals surface area (Å²) in [6, 6.07) is 0. The van der Waals surface area contributed by atoms with Crippen LogP contribution >= 0.6 is 11.3 Å². The molecule has 8 heteroatoms. The first-order chi connectivity index (χ1) is 11.7. The summed E-state index contributed by atoms with van der Waals surface area (Å²) in [5.41, 5.74) is 0.304. The summed E-state index contributed by atoms with van der Waals surface area (Å²) in [5.74, 6) is -0.322. The Hall–Kier alpha value is -1.51. The Kier molecular flexibility index (Phi) is 6.53. The minimum atomic E-state index is -0.628. The number of rotatable bonds is 6. The van der Waals surface area contributed by atoms with Gasteiger partial charge in [0.15, 0.2) is 5.13 Å². The molecule has 0 bridgehead atoms. The number of piperidine rings is 1. The van der Waals surface area contributed by atoms with E-state index in [1.807, 2.05) is 18.7 Å². The molecule has 7 nitrogen and oxygen atoms in total. The maximum absolute atomic E-state index is 12.4. The van der Waals surface area contributed by atoms with Crippen LogP contribution in [0.1, 0.15) is 37.3 Å². The van der Waals surface area contributed by atoms with Crippen molar-refractivity contribution in [1.29, 1.82) is 0 Å². The number of nitrogens with zero attached hydrogens (tertiary/aromatic N) is 2. The summed E-state index contributed by atoms with van der Waals surface area (Å²) in [6.07, 6.45) is 1.68. The molecule has 1 aromatic rings. The van der Waals surface area contributed by atoms with E-state index < -0.39 is 5.54 Å². The van der Waals surface area contributed by atoms with Crippen molar-refractivity contribution in [2.45, 2.75) is 46.1 Å². The van der Waals surface area contributed by atoms with Gasteiger partial charge in [-0.05, 0) is 47.1 Å². The molecule has 3 N–H and O–H groups in total. The molecule has 2 rings (SSSR count). The smallest absolute Gasteiger partial charge is 0.240 e. The summed E-state index contributed by atoms with van der Waals surface area (Å²) >= 11 is 1.47. The molecule has 1 fully saturated rings. The first-order valence-corrected chi connectivity index (χ1v) is 9.41. The lowest BCUT2D eigenvalue weighted by molar-refractivity contribution is -0.129. The normalized spacial score (nSPS) is 18.8. The topological polar surface area (TPSA) is 94.6 Å². The fourth-order valence-corrected chi connectivity index (χ4v) is 3.61. The lowest BCUT2D eigenvalue weighted by atomic mass is 9.95. The molecule has 140 valence electrons.